The molecule has 0 heterocycles. The first-order chi connectivity index (χ1) is 9.78. The number of benzene rings is 1. The van der Waals surface area contributed by atoms with Crippen LogP contribution in [0.25, 0.3) is 0 Å². The number of ether oxygens (including phenoxy) is 1. The number of ketones is 1. The molecule has 4 rings (SSSR count). The average Bonchev–Trinajstić information content (AvgIpc) is 2.88. The lowest BCUT2D eigenvalue weighted by Gasteiger charge is -2.43. The van der Waals surface area contributed by atoms with E-state index in [0.717, 1.165) is 37.4 Å². The number of Topliss-reactive ketones (excluding diaryl/α,β-unsaturated/α-hetero) is 1. The fourth-order valence-corrected chi connectivity index (χ4v) is 5.10. The van der Waals surface area contributed by atoms with Crippen molar-refractivity contribution in [3.63, 3.8) is 0 Å². The van der Waals surface area contributed by atoms with E-state index in [-0.39, 0.29) is 0 Å². The van der Waals surface area contributed by atoms with Gasteiger partial charge in [-0.3, -0.25) is 4.79 Å². The average molecular weight is 270 g/mol. The van der Waals surface area contributed by atoms with Crippen LogP contribution in [0.1, 0.15) is 49.1 Å². The summed E-state index contributed by atoms with van der Waals surface area (Å²) in [6.45, 7) is 0. The Morgan fingerprint density at radius 2 is 1.75 bits per heavy atom. The van der Waals surface area contributed by atoms with Crippen molar-refractivity contribution in [2.75, 3.05) is 7.11 Å². The second kappa shape index (κ2) is 4.61. The summed E-state index contributed by atoms with van der Waals surface area (Å²) in [5.74, 6) is 4.05. The molecule has 0 radical (unpaired) electrons. The van der Waals surface area contributed by atoms with Crippen molar-refractivity contribution in [1.29, 1.82) is 0 Å². The van der Waals surface area contributed by atoms with Crippen LogP contribution in [0, 0.1) is 17.8 Å². The summed E-state index contributed by atoms with van der Waals surface area (Å²) in [7, 11) is 1.74. The van der Waals surface area contributed by atoms with E-state index < -0.39 is 0 Å². The molecule has 1 aromatic carbocycles. The van der Waals surface area contributed by atoms with Gasteiger partial charge in [0.25, 0.3) is 0 Å². The molecule has 0 aliphatic heterocycles. The van der Waals surface area contributed by atoms with Gasteiger partial charge in [0.05, 0.1) is 7.11 Å². The zero-order valence-corrected chi connectivity index (χ0v) is 12.1. The molecule has 2 fully saturated rings. The van der Waals surface area contributed by atoms with Crippen LogP contribution in [0.3, 0.4) is 0 Å². The molecule has 3 aliphatic rings. The smallest absolute Gasteiger partial charge is 0.136 e. The normalized spacial score (nSPS) is 35.1. The highest BCUT2D eigenvalue weighted by molar-refractivity contribution is 5.83. The number of rotatable bonds is 1. The molecule has 0 aromatic heterocycles. The molecule has 2 nitrogen and oxygen atoms in total. The Balaban J connectivity index is 1.67. The SMILES string of the molecule is COc1ccc2c(c1)CC[C@H]1[C@@H]3CCC(=O)[C@H]3CC[C@H]21. The van der Waals surface area contributed by atoms with Crippen molar-refractivity contribution in [2.45, 2.75) is 44.4 Å². The van der Waals surface area contributed by atoms with Gasteiger partial charge >= 0.3 is 0 Å². The lowest BCUT2D eigenvalue weighted by atomic mass is 9.61. The Labute approximate surface area is 120 Å². The lowest BCUT2D eigenvalue weighted by Crippen LogP contribution is -2.35. The lowest BCUT2D eigenvalue weighted by molar-refractivity contribution is -0.122. The van der Waals surface area contributed by atoms with E-state index in [0.29, 0.717) is 23.5 Å². The largest absolute Gasteiger partial charge is 0.497 e. The highest BCUT2D eigenvalue weighted by Gasteiger charge is 2.47. The first-order valence-electron chi connectivity index (χ1n) is 7.97. The number of aryl methyl sites for hydroxylation is 1. The number of hydrogen-bond acceptors (Lipinski definition) is 2. The molecule has 0 amide bonds. The monoisotopic (exact) mass is 270 g/mol. The van der Waals surface area contributed by atoms with E-state index in [4.69, 9.17) is 4.74 Å². The molecule has 0 N–H and O–H groups in total. The van der Waals surface area contributed by atoms with Gasteiger partial charge in [0.1, 0.15) is 11.5 Å². The van der Waals surface area contributed by atoms with Crippen LogP contribution >= 0.6 is 0 Å². The summed E-state index contributed by atoms with van der Waals surface area (Å²) in [6.07, 6.45) is 6.74. The number of carbonyl (C=O) groups excluding carboxylic acids is 1. The molecular weight excluding hydrogens is 248 g/mol. The number of fused-ring (bicyclic) bond motifs is 5. The fraction of sp³-hybridized carbons (Fsp3) is 0.611. The van der Waals surface area contributed by atoms with Crippen molar-refractivity contribution in [3.05, 3.63) is 29.3 Å². The van der Waals surface area contributed by atoms with Crippen molar-refractivity contribution in [2.24, 2.45) is 17.8 Å². The quantitative estimate of drug-likeness (QED) is 0.777. The van der Waals surface area contributed by atoms with Gasteiger partial charge in [-0.05, 0) is 73.1 Å². The highest BCUT2D eigenvalue weighted by Crippen LogP contribution is 2.54. The Hall–Kier alpha value is -1.31. The van der Waals surface area contributed by atoms with Crippen molar-refractivity contribution >= 4 is 5.78 Å². The zero-order valence-electron chi connectivity index (χ0n) is 12.1. The van der Waals surface area contributed by atoms with E-state index in [1.807, 2.05) is 0 Å². The van der Waals surface area contributed by atoms with Crippen LogP contribution in [0.2, 0.25) is 0 Å². The standard InChI is InChI=1S/C18H22O2/c1-20-12-3-5-13-11(10-12)2-4-15-14(13)6-7-17-16(15)8-9-18(17)19/h3,5,10,14-17H,2,4,6-9H2,1H3/t14-,15-,16+,17+/m1/s1. The predicted octanol–water partition coefficient (Wildman–Crippen LogP) is 3.73. The van der Waals surface area contributed by atoms with Crippen molar-refractivity contribution < 1.29 is 9.53 Å². The van der Waals surface area contributed by atoms with Gasteiger partial charge in [0.15, 0.2) is 0 Å². The van der Waals surface area contributed by atoms with E-state index in [1.165, 1.54) is 18.4 Å². The third-order valence-corrected chi connectivity index (χ3v) is 6.01. The first-order valence-corrected chi connectivity index (χ1v) is 7.97. The third kappa shape index (κ3) is 1.73. The second-order valence-electron chi connectivity index (χ2n) is 6.73. The maximum absolute atomic E-state index is 12.0. The van der Waals surface area contributed by atoms with Crippen molar-refractivity contribution in [3.8, 4) is 5.75 Å². The van der Waals surface area contributed by atoms with E-state index >= 15 is 0 Å². The maximum Gasteiger partial charge on any atom is 0.136 e. The molecule has 3 aliphatic carbocycles. The van der Waals surface area contributed by atoms with E-state index in [9.17, 15) is 4.79 Å². The Morgan fingerprint density at radius 3 is 2.60 bits per heavy atom. The summed E-state index contributed by atoms with van der Waals surface area (Å²) >= 11 is 0. The summed E-state index contributed by atoms with van der Waals surface area (Å²) in [6, 6.07) is 6.60. The number of methoxy groups -OCH3 is 1. The van der Waals surface area contributed by atoms with Gasteiger partial charge in [-0.15, -0.1) is 0 Å². The number of hydrogen-bond donors (Lipinski definition) is 0. The summed E-state index contributed by atoms with van der Waals surface area (Å²) in [4.78, 5) is 12.0. The molecule has 0 saturated heterocycles. The van der Waals surface area contributed by atoms with Gasteiger partial charge < -0.3 is 4.74 Å². The molecule has 0 unspecified atom stereocenters. The van der Waals surface area contributed by atoms with Crippen LogP contribution in [-0.4, -0.2) is 12.9 Å². The zero-order chi connectivity index (χ0) is 13.7. The van der Waals surface area contributed by atoms with Gasteiger partial charge in [-0.25, -0.2) is 0 Å². The first kappa shape index (κ1) is 12.4. The minimum Gasteiger partial charge on any atom is -0.497 e. The van der Waals surface area contributed by atoms with Crippen LogP contribution < -0.4 is 4.74 Å². The van der Waals surface area contributed by atoms with Crippen LogP contribution in [0.5, 0.6) is 5.75 Å². The summed E-state index contributed by atoms with van der Waals surface area (Å²) in [5.41, 5.74) is 3.02. The third-order valence-electron chi connectivity index (χ3n) is 6.01. The Kier molecular flexibility index (Phi) is 2.87. The number of carbonyl (C=O) groups is 1. The molecule has 1 aromatic rings. The maximum atomic E-state index is 12.0. The van der Waals surface area contributed by atoms with Crippen LogP contribution in [-0.2, 0) is 11.2 Å². The fourth-order valence-electron chi connectivity index (χ4n) is 5.10. The molecule has 0 spiro atoms. The second-order valence-corrected chi connectivity index (χ2v) is 6.73. The van der Waals surface area contributed by atoms with Crippen LogP contribution in [0.4, 0.5) is 0 Å². The minimum absolute atomic E-state index is 0.399. The summed E-state index contributed by atoms with van der Waals surface area (Å²) in [5, 5.41) is 0. The van der Waals surface area contributed by atoms with E-state index in [2.05, 4.69) is 18.2 Å². The molecule has 2 saturated carbocycles. The molecule has 0 bridgehead atoms. The minimum atomic E-state index is 0.399. The Bertz CT molecular complexity index is 548. The van der Waals surface area contributed by atoms with Gasteiger partial charge in [-0.2, -0.15) is 0 Å². The highest BCUT2D eigenvalue weighted by atomic mass is 16.5. The molecule has 106 valence electrons. The topological polar surface area (TPSA) is 26.3 Å². The molecular formula is C18H22O2. The van der Waals surface area contributed by atoms with Gasteiger partial charge in [0, 0.05) is 12.3 Å². The van der Waals surface area contributed by atoms with E-state index in [1.54, 1.807) is 12.7 Å². The molecule has 2 heteroatoms. The van der Waals surface area contributed by atoms with Gasteiger partial charge in [-0.1, -0.05) is 6.07 Å². The van der Waals surface area contributed by atoms with Crippen LogP contribution in [0.15, 0.2) is 18.2 Å². The van der Waals surface area contributed by atoms with Crippen molar-refractivity contribution in [1.82, 2.24) is 0 Å². The van der Waals surface area contributed by atoms with Gasteiger partial charge in [0.2, 0.25) is 0 Å². The predicted molar refractivity (Wildman–Crippen MR) is 78.0 cm³/mol. The molecule has 20 heavy (non-hydrogen) atoms. The Morgan fingerprint density at radius 1 is 1.00 bits per heavy atom. The summed E-state index contributed by atoms with van der Waals surface area (Å²) < 4.78 is 5.36. The molecule has 4 atom stereocenters.